The normalized spacial score (nSPS) is 6.77. The van der Waals surface area contributed by atoms with Crippen LogP contribution in [0.25, 0.3) is 0 Å². The van der Waals surface area contributed by atoms with E-state index < -0.39 is 23.9 Å². The molecule has 0 bridgehead atoms. The molecular weight excluding hydrogens is 274 g/mol. The van der Waals surface area contributed by atoms with Crippen LogP contribution in [0.4, 0.5) is 0 Å². The molecule has 8 nitrogen and oxygen atoms in total. The Bertz CT molecular complexity index is 172. The fourth-order valence-corrected chi connectivity index (χ4v) is 0. The Morgan fingerprint density at radius 1 is 0.538 bits per heavy atom. The zero-order chi connectivity index (χ0) is 10.3. The van der Waals surface area contributed by atoms with Crippen LogP contribution in [-0.4, -0.2) is 23.9 Å². The Kier molecular flexibility index (Phi) is 11.7. The van der Waals surface area contributed by atoms with Crippen molar-refractivity contribution < 1.29 is 59.7 Å². The average Bonchev–Trinajstić information content (AvgIpc) is 1.88. The molecular formula is C4O8Tc. The first kappa shape index (κ1) is 17.6. The second kappa shape index (κ2) is 8.62. The van der Waals surface area contributed by atoms with Crippen molar-refractivity contribution in [2.24, 2.45) is 0 Å². The third kappa shape index (κ3) is 18.0. The van der Waals surface area contributed by atoms with Crippen LogP contribution in [0.5, 0.6) is 0 Å². The third-order valence-electron chi connectivity index (χ3n) is 0.333. The van der Waals surface area contributed by atoms with Crippen molar-refractivity contribution >= 4 is 23.9 Å². The van der Waals surface area contributed by atoms with Gasteiger partial charge in [0.25, 0.3) is 0 Å². The number of carbonyl (C=O) groups is 4. The zero-order valence-electron chi connectivity index (χ0n) is 5.64. The van der Waals surface area contributed by atoms with Gasteiger partial charge in [0.2, 0.25) is 0 Å². The quantitative estimate of drug-likeness (QED) is 0.393. The van der Waals surface area contributed by atoms with Gasteiger partial charge in [0.15, 0.2) is 0 Å². The first-order valence-electron chi connectivity index (χ1n) is 2.13. The molecule has 9 heteroatoms. The zero-order valence-corrected chi connectivity index (χ0v) is 7.50. The van der Waals surface area contributed by atoms with Gasteiger partial charge in [-0.25, -0.2) is 0 Å². The molecule has 0 aliphatic carbocycles. The SMILES string of the molecule is O=C([O-])C(=O)[O-].O=C([O-])C(=O)[O-].[Tc+4]. The van der Waals surface area contributed by atoms with Gasteiger partial charge in [-0.2, -0.15) is 0 Å². The molecule has 0 saturated carbocycles. The van der Waals surface area contributed by atoms with Crippen molar-refractivity contribution in [1.82, 2.24) is 0 Å². The maximum absolute atomic E-state index is 8.93. The summed E-state index contributed by atoms with van der Waals surface area (Å²) < 4.78 is 0. The van der Waals surface area contributed by atoms with Gasteiger partial charge in [-0.15, -0.1) is 0 Å². The number of carboxylic acids is 4. The van der Waals surface area contributed by atoms with Crippen molar-refractivity contribution in [3.05, 3.63) is 0 Å². The van der Waals surface area contributed by atoms with Gasteiger partial charge < -0.3 is 39.6 Å². The van der Waals surface area contributed by atoms with E-state index in [1.807, 2.05) is 0 Å². The molecule has 0 N–H and O–H groups in total. The molecule has 1 radical (unpaired) electrons. The van der Waals surface area contributed by atoms with Gasteiger partial charge in [-0.3, -0.25) is 0 Å². The van der Waals surface area contributed by atoms with E-state index in [1.54, 1.807) is 0 Å². The molecule has 0 heterocycles. The van der Waals surface area contributed by atoms with Crippen LogP contribution in [0.2, 0.25) is 0 Å². The summed E-state index contributed by atoms with van der Waals surface area (Å²) in [7, 11) is 0. The second-order valence-corrected chi connectivity index (χ2v) is 1.15. The number of rotatable bonds is 0. The van der Waals surface area contributed by atoms with Crippen molar-refractivity contribution in [1.29, 1.82) is 0 Å². The molecule has 0 saturated heterocycles. The van der Waals surface area contributed by atoms with Crippen molar-refractivity contribution in [3.63, 3.8) is 0 Å². The second-order valence-electron chi connectivity index (χ2n) is 1.15. The summed E-state index contributed by atoms with van der Waals surface area (Å²) in [5.41, 5.74) is 0. The van der Waals surface area contributed by atoms with E-state index in [9.17, 15) is 0 Å². The molecule has 0 aromatic carbocycles. The van der Waals surface area contributed by atoms with Crippen LogP contribution >= 0.6 is 0 Å². The van der Waals surface area contributed by atoms with Gasteiger partial charge in [-0.05, 0) is 0 Å². The van der Waals surface area contributed by atoms with Crippen molar-refractivity contribution in [2.45, 2.75) is 0 Å². The standard InChI is InChI=1S/2C2H2O4.Tc/c2*3-1(4)2(5)6;/h2*(H,3,4)(H,5,6);/q;;+4/p-4. The fraction of sp³-hybridized carbons (Fsp3) is 0. The van der Waals surface area contributed by atoms with Gasteiger partial charge in [-0.1, -0.05) is 0 Å². The number of carbonyl (C=O) groups excluding carboxylic acids is 4. The van der Waals surface area contributed by atoms with Crippen LogP contribution in [-0.2, 0) is 39.3 Å². The minimum atomic E-state index is -2.19. The molecule has 0 aliphatic heterocycles. The maximum atomic E-state index is 8.93. The van der Waals surface area contributed by atoms with Crippen LogP contribution in [0, 0.1) is 0 Å². The molecule has 71 valence electrons. The molecule has 0 atom stereocenters. The maximum Gasteiger partial charge on any atom is 4.00 e. The van der Waals surface area contributed by atoms with Gasteiger partial charge in [0.05, 0.1) is 23.9 Å². The van der Waals surface area contributed by atoms with E-state index in [-0.39, 0.29) is 20.1 Å². The molecule has 13 heavy (non-hydrogen) atoms. The van der Waals surface area contributed by atoms with Crippen molar-refractivity contribution in [3.8, 4) is 0 Å². The predicted octanol–water partition coefficient (Wildman–Crippen LogP) is -7.03. The number of hydrogen-bond acceptors (Lipinski definition) is 8. The first-order chi connectivity index (χ1) is 5.29. The average molecular weight is 274 g/mol. The van der Waals surface area contributed by atoms with E-state index in [4.69, 9.17) is 39.6 Å². The molecule has 0 amide bonds. The van der Waals surface area contributed by atoms with Gasteiger partial charge in [0.1, 0.15) is 0 Å². The van der Waals surface area contributed by atoms with Crippen molar-refractivity contribution in [2.75, 3.05) is 0 Å². The summed E-state index contributed by atoms with van der Waals surface area (Å²) in [4.78, 5) is 35.7. The Labute approximate surface area is 84.1 Å². The van der Waals surface area contributed by atoms with Gasteiger partial charge in [0, 0.05) is 0 Å². The Morgan fingerprint density at radius 2 is 0.615 bits per heavy atom. The van der Waals surface area contributed by atoms with Crippen LogP contribution in [0.1, 0.15) is 0 Å². The topological polar surface area (TPSA) is 161 Å². The summed E-state index contributed by atoms with van der Waals surface area (Å²) >= 11 is 0. The number of hydrogen-bond donors (Lipinski definition) is 0. The summed E-state index contributed by atoms with van der Waals surface area (Å²) in [5.74, 6) is -8.74. The number of carboxylic acid groups (broad SMARTS) is 4. The fourth-order valence-electron chi connectivity index (χ4n) is 0. The molecule has 0 unspecified atom stereocenters. The molecule has 0 aromatic rings. The van der Waals surface area contributed by atoms with E-state index in [2.05, 4.69) is 0 Å². The largest absolute Gasteiger partial charge is 4.00 e. The van der Waals surface area contributed by atoms with Crippen LogP contribution in [0.3, 0.4) is 0 Å². The van der Waals surface area contributed by atoms with E-state index >= 15 is 0 Å². The summed E-state index contributed by atoms with van der Waals surface area (Å²) in [5, 5.41) is 35.7. The first-order valence-corrected chi connectivity index (χ1v) is 2.13. The summed E-state index contributed by atoms with van der Waals surface area (Å²) in [6, 6.07) is 0. The Morgan fingerprint density at radius 3 is 0.615 bits per heavy atom. The molecule has 0 spiro atoms. The third-order valence-corrected chi connectivity index (χ3v) is 0.333. The summed E-state index contributed by atoms with van der Waals surface area (Å²) in [6.45, 7) is 0. The van der Waals surface area contributed by atoms with Crippen LogP contribution in [0.15, 0.2) is 0 Å². The minimum absolute atomic E-state index is 0. The van der Waals surface area contributed by atoms with E-state index in [0.29, 0.717) is 0 Å². The predicted molar refractivity (Wildman–Crippen MR) is 20.0 cm³/mol. The Hall–Kier alpha value is -1.47. The minimum Gasteiger partial charge on any atom is -0.543 e. The van der Waals surface area contributed by atoms with E-state index in [1.165, 1.54) is 0 Å². The number of aliphatic carboxylic acids is 4. The Balaban J connectivity index is -0.000000143. The summed E-state index contributed by atoms with van der Waals surface area (Å²) in [6.07, 6.45) is 0. The van der Waals surface area contributed by atoms with E-state index in [0.717, 1.165) is 0 Å². The molecule has 0 fully saturated rings. The smallest absolute Gasteiger partial charge is 0.543 e. The molecule has 0 aromatic heterocycles. The molecule has 0 aliphatic rings. The van der Waals surface area contributed by atoms with Gasteiger partial charge >= 0.3 is 20.1 Å². The molecule has 0 rings (SSSR count). The van der Waals surface area contributed by atoms with Crippen LogP contribution < -0.4 is 20.4 Å². The monoisotopic (exact) mass is 273 g/mol.